The fourth-order valence-electron chi connectivity index (χ4n) is 3.19. The molecule has 1 unspecified atom stereocenters. The molecule has 0 aromatic heterocycles. The highest BCUT2D eigenvalue weighted by Gasteiger charge is 2.33. The van der Waals surface area contributed by atoms with Crippen molar-refractivity contribution in [2.24, 2.45) is 0 Å². The largest absolute Gasteiger partial charge is 0.315 e. The number of nitrogens with one attached hydrogen (secondary N) is 2. The Hall–Kier alpha value is -0.710. The number of halogens is 1. The van der Waals surface area contributed by atoms with Crippen molar-refractivity contribution in [2.75, 3.05) is 26.2 Å². The molecule has 2 aliphatic heterocycles. The average molecular weight is 410 g/mol. The molecule has 2 N–H and O–H groups in total. The van der Waals surface area contributed by atoms with Gasteiger partial charge in [0.15, 0.2) is 0 Å². The maximum Gasteiger partial charge on any atom is 0.244 e. The molecule has 1 aromatic rings. The standard InChI is InChI=1S/C15H23N3O4S2.ClH/c19-23(20,17-13-6-5-9-16-12-13)14-7-1-2-8-15(14)24(21,22)18-10-3-4-11-18;/h1-2,7-8,13,16-17H,3-6,9-12H2;1H. The van der Waals surface area contributed by atoms with Gasteiger partial charge in [-0.2, -0.15) is 4.31 Å². The molecular weight excluding hydrogens is 386 g/mol. The number of benzene rings is 1. The van der Waals surface area contributed by atoms with Crippen LogP contribution in [0.4, 0.5) is 0 Å². The van der Waals surface area contributed by atoms with E-state index in [1.54, 1.807) is 12.1 Å². The van der Waals surface area contributed by atoms with Crippen LogP contribution in [0, 0.1) is 0 Å². The van der Waals surface area contributed by atoms with Crippen LogP contribution in [0.15, 0.2) is 34.1 Å². The van der Waals surface area contributed by atoms with Crippen LogP contribution >= 0.6 is 12.4 Å². The molecule has 2 aliphatic rings. The third kappa shape index (κ3) is 4.53. The lowest BCUT2D eigenvalue weighted by Crippen LogP contribution is -2.45. The van der Waals surface area contributed by atoms with Crippen molar-refractivity contribution in [3.8, 4) is 0 Å². The van der Waals surface area contributed by atoms with E-state index < -0.39 is 20.0 Å². The van der Waals surface area contributed by atoms with Crippen molar-refractivity contribution < 1.29 is 16.8 Å². The summed E-state index contributed by atoms with van der Waals surface area (Å²) >= 11 is 0. The lowest BCUT2D eigenvalue weighted by atomic mass is 10.1. The highest BCUT2D eigenvalue weighted by atomic mass is 35.5. The van der Waals surface area contributed by atoms with E-state index >= 15 is 0 Å². The maximum atomic E-state index is 12.8. The van der Waals surface area contributed by atoms with Gasteiger partial charge < -0.3 is 5.32 Å². The van der Waals surface area contributed by atoms with E-state index in [-0.39, 0.29) is 28.2 Å². The molecule has 25 heavy (non-hydrogen) atoms. The minimum absolute atomic E-state index is 0. The molecule has 1 aromatic carbocycles. The summed E-state index contributed by atoms with van der Waals surface area (Å²) in [7, 11) is -7.69. The Morgan fingerprint density at radius 2 is 1.64 bits per heavy atom. The number of hydrogen-bond acceptors (Lipinski definition) is 5. The summed E-state index contributed by atoms with van der Waals surface area (Å²) in [5.74, 6) is 0. The Morgan fingerprint density at radius 1 is 1.00 bits per heavy atom. The molecule has 0 radical (unpaired) electrons. The fourth-order valence-corrected chi connectivity index (χ4v) is 6.78. The van der Waals surface area contributed by atoms with Gasteiger partial charge in [-0.05, 0) is 44.4 Å². The molecule has 0 saturated carbocycles. The second-order valence-corrected chi connectivity index (χ2v) is 9.81. The third-order valence-corrected chi connectivity index (χ3v) is 8.10. The zero-order valence-corrected chi connectivity index (χ0v) is 16.3. The van der Waals surface area contributed by atoms with Gasteiger partial charge in [0.2, 0.25) is 20.0 Å². The van der Waals surface area contributed by atoms with E-state index in [2.05, 4.69) is 10.0 Å². The molecule has 2 fully saturated rings. The second kappa shape index (κ2) is 8.32. The van der Waals surface area contributed by atoms with Crippen molar-refractivity contribution in [1.82, 2.24) is 14.3 Å². The highest BCUT2D eigenvalue weighted by molar-refractivity contribution is 7.92. The Morgan fingerprint density at radius 3 is 2.24 bits per heavy atom. The summed E-state index contributed by atoms with van der Waals surface area (Å²) in [5, 5.41) is 3.15. The predicted octanol–water partition coefficient (Wildman–Crippen LogP) is 0.923. The summed E-state index contributed by atoms with van der Waals surface area (Å²) in [6.45, 7) is 2.31. The van der Waals surface area contributed by atoms with Crippen LogP contribution in [0.25, 0.3) is 0 Å². The topological polar surface area (TPSA) is 95.6 Å². The minimum Gasteiger partial charge on any atom is -0.315 e. The summed E-state index contributed by atoms with van der Waals surface area (Å²) in [6.07, 6.45) is 3.24. The predicted molar refractivity (Wildman–Crippen MR) is 97.9 cm³/mol. The van der Waals surface area contributed by atoms with Crippen LogP contribution in [-0.2, 0) is 20.0 Å². The van der Waals surface area contributed by atoms with Gasteiger partial charge in [-0.25, -0.2) is 21.6 Å². The number of nitrogens with zero attached hydrogens (tertiary/aromatic N) is 1. The Labute approximate surface area is 155 Å². The summed E-state index contributed by atoms with van der Waals surface area (Å²) < 4.78 is 55.2. The van der Waals surface area contributed by atoms with E-state index in [1.807, 2.05) is 0 Å². The highest BCUT2D eigenvalue weighted by Crippen LogP contribution is 2.27. The zero-order valence-electron chi connectivity index (χ0n) is 13.8. The van der Waals surface area contributed by atoms with Crippen molar-refractivity contribution in [1.29, 1.82) is 0 Å². The first-order valence-electron chi connectivity index (χ1n) is 8.23. The molecular formula is C15H24ClN3O4S2. The summed E-state index contributed by atoms with van der Waals surface area (Å²) in [4.78, 5) is -0.300. The third-order valence-electron chi connectivity index (χ3n) is 4.44. The lowest BCUT2D eigenvalue weighted by Gasteiger charge is -2.24. The molecule has 1 atom stereocenters. The molecule has 0 spiro atoms. The normalized spacial score (nSPS) is 22.5. The van der Waals surface area contributed by atoms with E-state index in [4.69, 9.17) is 0 Å². The van der Waals surface area contributed by atoms with Crippen LogP contribution in [-0.4, -0.2) is 53.4 Å². The van der Waals surface area contributed by atoms with Crippen LogP contribution in [0.5, 0.6) is 0 Å². The second-order valence-electron chi connectivity index (χ2n) is 6.22. The monoisotopic (exact) mass is 409 g/mol. The molecule has 3 rings (SSSR count). The SMILES string of the molecule is Cl.O=S(=O)(NC1CCCNC1)c1ccccc1S(=O)(=O)N1CCCC1. The molecule has 2 heterocycles. The first-order chi connectivity index (χ1) is 11.4. The molecule has 10 heteroatoms. The smallest absolute Gasteiger partial charge is 0.244 e. The minimum atomic E-state index is -3.90. The zero-order chi connectivity index (χ0) is 17.2. The van der Waals surface area contributed by atoms with E-state index in [0.29, 0.717) is 19.6 Å². The van der Waals surface area contributed by atoms with Gasteiger partial charge in [0.05, 0.1) is 0 Å². The van der Waals surface area contributed by atoms with Crippen LogP contribution in [0.2, 0.25) is 0 Å². The molecule has 7 nitrogen and oxygen atoms in total. The van der Waals surface area contributed by atoms with E-state index in [1.165, 1.54) is 16.4 Å². The van der Waals surface area contributed by atoms with Gasteiger partial charge >= 0.3 is 0 Å². The van der Waals surface area contributed by atoms with Crippen LogP contribution in [0.3, 0.4) is 0 Å². The first-order valence-corrected chi connectivity index (χ1v) is 11.2. The quantitative estimate of drug-likeness (QED) is 0.754. The van der Waals surface area contributed by atoms with Crippen molar-refractivity contribution >= 4 is 32.5 Å². The lowest BCUT2D eigenvalue weighted by molar-refractivity contribution is 0.428. The van der Waals surface area contributed by atoms with Gasteiger partial charge in [-0.15, -0.1) is 12.4 Å². The van der Waals surface area contributed by atoms with Crippen molar-refractivity contribution in [3.05, 3.63) is 24.3 Å². The first kappa shape index (κ1) is 20.6. The summed E-state index contributed by atoms with van der Waals surface area (Å²) in [6, 6.07) is 5.63. The van der Waals surface area contributed by atoms with Gasteiger partial charge in [0.25, 0.3) is 0 Å². The van der Waals surface area contributed by atoms with Gasteiger partial charge in [0, 0.05) is 25.7 Å². The average Bonchev–Trinajstić information content (AvgIpc) is 3.11. The van der Waals surface area contributed by atoms with Gasteiger partial charge in [0.1, 0.15) is 9.79 Å². The van der Waals surface area contributed by atoms with Gasteiger partial charge in [-0.1, -0.05) is 12.1 Å². The number of rotatable bonds is 5. The van der Waals surface area contributed by atoms with Crippen molar-refractivity contribution in [3.63, 3.8) is 0 Å². The fraction of sp³-hybridized carbons (Fsp3) is 0.600. The number of hydrogen-bond donors (Lipinski definition) is 2. The number of piperidine rings is 1. The summed E-state index contributed by atoms with van der Waals surface area (Å²) in [5.41, 5.74) is 0. The molecule has 0 amide bonds. The van der Waals surface area contributed by atoms with E-state index in [0.717, 1.165) is 32.2 Å². The van der Waals surface area contributed by atoms with Crippen LogP contribution in [0.1, 0.15) is 25.7 Å². The molecule has 0 aliphatic carbocycles. The Bertz CT molecular complexity index is 787. The number of sulfonamides is 2. The molecule has 0 bridgehead atoms. The molecule has 142 valence electrons. The maximum absolute atomic E-state index is 12.8. The van der Waals surface area contributed by atoms with Crippen LogP contribution < -0.4 is 10.0 Å². The van der Waals surface area contributed by atoms with Gasteiger partial charge in [-0.3, -0.25) is 0 Å². The Balaban J connectivity index is 0.00000225. The molecule has 2 saturated heterocycles. The Kier molecular flexibility index (Phi) is 6.86. The van der Waals surface area contributed by atoms with E-state index in [9.17, 15) is 16.8 Å². The van der Waals surface area contributed by atoms with Crippen molar-refractivity contribution in [2.45, 2.75) is 41.5 Å².